The minimum Gasteiger partial charge on any atom is -0.478 e. The highest BCUT2D eigenvalue weighted by molar-refractivity contribution is 7.12. The van der Waals surface area contributed by atoms with Crippen LogP contribution in [0.3, 0.4) is 0 Å². The summed E-state index contributed by atoms with van der Waals surface area (Å²) in [5.41, 5.74) is 2.06. The van der Waals surface area contributed by atoms with Gasteiger partial charge in [-0.1, -0.05) is 42.5 Å². The fourth-order valence-electron chi connectivity index (χ4n) is 4.81. The highest BCUT2D eigenvalue weighted by Gasteiger charge is 2.48. The van der Waals surface area contributed by atoms with Gasteiger partial charge in [-0.05, 0) is 54.2 Å². The first kappa shape index (κ1) is 27.1. The summed E-state index contributed by atoms with van der Waals surface area (Å²) in [6, 6.07) is 20.6. The van der Waals surface area contributed by atoms with Gasteiger partial charge in [0.25, 0.3) is 0 Å². The highest BCUT2D eigenvalue weighted by atomic mass is 35.5. The molecule has 3 N–H and O–H groups in total. The third-order valence-electron chi connectivity index (χ3n) is 6.79. The molecule has 1 aliphatic carbocycles. The number of aliphatic hydroxyl groups is 2. The Bertz CT molecular complexity index is 1140. The first-order valence-corrected chi connectivity index (χ1v) is 13.7. The zero-order valence-corrected chi connectivity index (χ0v) is 22.0. The molecule has 8 heteroatoms. The van der Waals surface area contributed by atoms with Crippen molar-refractivity contribution in [3.8, 4) is 0 Å². The number of benzene rings is 2. The van der Waals surface area contributed by atoms with E-state index in [1.165, 1.54) is 6.07 Å². The number of thiophene rings is 1. The molecule has 1 aliphatic rings. The lowest BCUT2D eigenvalue weighted by Crippen LogP contribution is -2.28. The molecule has 1 aromatic heterocycles. The maximum Gasteiger partial charge on any atom is 0.335 e. The van der Waals surface area contributed by atoms with E-state index >= 15 is 0 Å². The van der Waals surface area contributed by atoms with E-state index in [1.807, 2.05) is 48.5 Å². The molecule has 0 amide bonds. The predicted molar refractivity (Wildman–Crippen MR) is 143 cm³/mol. The van der Waals surface area contributed by atoms with Crippen LogP contribution in [0, 0.1) is 11.8 Å². The number of alkyl halides is 2. The number of carboxylic acids is 1. The van der Waals surface area contributed by atoms with Gasteiger partial charge in [-0.2, -0.15) is 0 Å². The third kappa shape index (κ3) is 6.68. The van der Waals surface area contributed by atoms with Crippen LogP contribution in [0.2, 0.25) is 0 Å². The Morgan fingerprint density at radius 2 is 1.72 bits per heavy atom. The molecule has 1 fully saturated rings. The molecule has 0 spiro atoms. The number of hydrogen-bond donors (Lipinski definition) is 3. The molecule has 0 radical (unpaired) electrons. The zero-order valence-electron chi connectivity index (χ0n) is 19.7. The van der Waals surface area contributed by atoms with Gasteiger partial charge in [-0.15, -0.1) is 34.5 Å². The number of hydrogen-bond acceptors (Lipinski definition) is 5. The van der Waals surface area contributed by atoms with Crippen LogP contribution < -0.4 is 0 Å². The predicted octanol–water partition coefficient (Wildman–Crippen LogP) is 5.69. The van der Waals surface area contributed by atoms with Gasteiger partial charge in [-0.3, -0.25) is 0 Å². The normalized spacial score (nSPS) is 24.6. The van der Waals surface area contributed by atoms with Crippen LogP contribution in [0.25, 0.3) is 0 Å². The third-order valence-corrected chi connectivity index (χ3v) is 9.29. The lowest BCUT2D eigenvalue weighted by molar-refractivity contribution is 0.0211. The van der Waals surface area contributed by atoms with Crippen LogP contribution in [0.15, 0.2) is 66.7 Å². The number of aromatic carboxylic acids is 1. The molecule has 0 aliphatic heterocycles. The van der Waals surface area contributed by atoms with Crippen LogP contribution >= 0.6 is 34.5 Å². The summed E-state index contributed by atoms with van der Waals surface area (Å²) in [7, 11) is 0. The first-order valence-electron chi connectivity index (χ1n) is 12.0. The van der Waals surface area contributed by atoms with Crippen molar-refractivity contribution in [3.05, 3.63) is 93.2 Å². The van der Waals surface area contributed by atoms with E-state index in [9.17, 15) is 15.0 Å². The smallest absolute Gasteiger partial charge is 0.335 e. The second-order valence-corrected chi connectivity index (χ2v) is 11.5. The molecule has 4 rings (SSSR count). The van der Waals surface area contributed by atoms with Crippen molar-refractivity contribution >= 4 is 40.5 Å². The molecule has 36 heavy (non-hydrogen) atoms. The summed E-state index contributed by atoms with van der Waals surface area (Å²) in [6.07, 6.45) is 0.752. The fourth-order valence-corrected chi connectivity index (χ4v) is 6.66. The van der Waals surface area contributed by atoms with Crippen molar-refractivity contribution < 1.29 is 24.9 Å². The lowest BCUT2D eigenvalue weighted by atomic mass is 9.90. The molecular formula is C28H30Cl2O5S. The van der Waals surface area contributed by atoms with Gasteiger partial charge in [0.1, 0.15) is 0 Å². The van der Waals surface area contributed by atoms with E-state index in [1.54, 1.807) is 23.5 Å². The van der Waals surface area contributed by atoms with E-state index in [4.69, 9.17) is 33.0 Å². The fraction of sp³-hybridized carbons (Fsp3) is 0.393. The van der Waals surface area contributed by atoms with Gasteiger partial charge < -0.3 is 20.1 Å². The van der Waals surface area contributed by atoms with Gasteiger partial charge in [-0.25, -0.2) is 4.79 Å². The average Bonchev–Trinajstić information content (AvgIpc) is 3.43. The van der Waals surface area contributed by atoms with Gasteiger partial charge in [0.05, 0.1) is 41.7 Å². The Labute approximate surface area is 225 Å². The van der Waals surface area contributed by atoms with E-state index < -0.39 is 23.6 Å². The Morgan fingerprint density at radius 3 is 2.47 bits per heavy atom. The SMILES string of the molecule is O=C(O)c1cccc(COC[C@H]2C(O)C(Cl)C(Cl)[C@@H]2CCc2ccc(C(O)Cc3ccccc3)s2)c1. The van der Waals surface area contributed by atoms with Gasteiger partial charge in [0, 0.05) is 22.1 Å². The molecule has 192 valence electrons. The Balaban J connectivity index is 1.33. The maximum absolute atomic E-state index is 11.2. The topological polar surface area (TPSA) is 87.0 Å². The molecular weight excluding hydrogens is 519 g/mol. The molecule has 3 aromatic rings. The van der Waals surface area contributed by atoms with Gasteiger partial charge in [0.15, 0.2) is 0 Å². The minimum atomic E-state index is -0.984. The number of aryl methyl sites for hydroxylation is 1. The second-order valence-electron chi connectivity index (χ2n) is 9.28. The van der Waals surface area contributed by atoms with Crippen LogP contribution in [0.5, 0.6) is 0 Å². The van der Waals surface area contributed by atoms with Crippen LogP contribution in [-0.2, 0) is 24.2 Å². The largest absolute Gasteiger partial charge is 0.478 e. The number of rotatable bonds is 11. The zero-order chi connectivity index (χ0) is 25.7. The number of carbonyl (C=O) groups is 1. The summed E-state index contributed by atoms with van der Waals surface area (Å²) in [4.78, 5) is 13.3. The summed E-state index contributed by atoms with van der Waals surface area (Å²) >= 11 is 14.7. The number of aliphatic hydroxyl groups excluding tert-OH is 2. The molecule has 5 nitrogen and oxygen atoms in total. The molecule has 0 bridgehead atoms. The van der Waals surface area contributed by atoms with Crippen molar-refractivity contribution in [1.29, 1.82) is 0 Å². The lowest BCUT2D eigenvalue weighted by Gasteiger charge is -2.23. The van der Waals surface area contributed by atoms with E-state index in [-0.39, 0.29) is 36.0 Å². The van der Waals surface area contributed by atoms with Crippen LogP contribution in [0.4, 0.5) is 0 Å². The summed E-state index contributed by atoms with van der Waals surface area (Å²) < 4.78 is 5.88. The van der Waals surface area contributed by atoms with Crippen molar-refractivity contribution in [2.24, 2.45) is 11.8 Å². The van der Waals surface area contributed by atoms with Crippen molar-refractivity contribution in [3.63, 3.8) is 0 Å². The standard InChI is InChI=1S/C28H30Cl2O5S/c29-25-21(11-9-20-10-12-24(36-20)23(31)14-17-5-2-1-3-6-17)22(27(32)26(25)30)16-35-15-18-7-4-8-19(13-18)28(33)34/h1-8,10,12-13,21-23,25-27,31-32H,9,11,14-16H2,(H,33,34)/t21-,22-,23?,25?,26?,27?/m1/s1. The van der Waals surface area contributed by atoms with Gasteiger partial charge >= 0.3 is 5.97 Å². The minimum absolute atomic E-state index is 0.0330. The summed E-state index contributed by atoms with van der Waals surface area (Å²) in [5, 5.41) is 29.6. The molecule has 1 saturated carbocycles. The van der Waals surface area contributed by atoms with E-state index in [2.05, 4.69) is 0 Å². The number of carboxylic acid groups (broad SMARTS) is 1. The molecule has 6 atom stereocenters. The van der Waals surface area contributed by atoms with E-state index in [0.29, 0.717) is 6.42 Å². The van der Waals surface area contributed by atoms with Crippen LogP contribution in [0.1, 0.15) is 43.8 Å². The molecule has 2 aromatic carbocycles. The monoisotopic (exact) mass is 548 g/mol. The summed E-state index contributed by atoms with van der Waals surface area (Å²) in [5.74, 6) is -1.24. The number of halogens is 2. The Hall–Kier alpha value is -1.93. The maximum atomic E-state index is 11.2. The van der Waals surface area contributed by atoms with Crippen LogP contribution in [-0.4, -0.2) is 44.8 Å². The molecule has 0 saturated heterocycles. The highest BCUT2D eigenvalue weighted by Crippen LogP contribution is 2.42. The Kier molecular flexibility index (Phi) is 9.45. The van der Waals surface area contributed by atoms with E-state index in [0.717, 1.165) is 33.7 Å². The van der Waals surface area contributed by atoms with Crippen molar-refractivity contribution in [1.82, 2.24) is 0 Å². The van der Waals surface area contributed by atoms with Gasteiger partial charge in [0.2, 0.25) is 0 Å². The molecule has 4 unspecified atom stereocenters. The average molecular weight is 550 g/mol. The second kappa shape index (κ2) is 12.5. The Morgan fingerprint density at radius 1 is 0.972 bits per heavy atom. The van der Waals surface area contributed by atoms with Crippen molar-refractivity contribution in [2.45, 2.75) is 48.8 Å². The van der Waals surface area contributed by atoms with Crippen molar-refractivity contribution in [2.75, 3.05) is 6.61 Å². The number of ether oxygens (including phenoxy) is 1. The molecule has 1 heterocycles. The quantitative estimate of drug-likeness (QED) is 0.268. The summed E-state index contributed by atoms with van der Waals surface area (Å²) in [6.45, 7) is 0.519. The first-order chi connectivity index (χ1) is 17.3.